The fourth-order valence-corrected chi connectivity index (χ4v) is 3.36. The average Bonchev–Trinajstić information content (AvgIpc) is 2.41. The van der Waals surface area contributed by atoms with Crippen molar-refractivity contribution in [1.82, 2.24) is 10.2 Å². The number of ether oxygens (including phenoxy) is 1. The van der Waals surface area contributed by atoms with Gasteiger partial charge in [0.05, 0.1) is 0 Å². The van der Waals surface area contributed by atoms with Crippen LogP contribution in [0.25, 0.3) is 0 Å². The molecule has 106 valence electrons. The van der Waals surface area contributed by atoms with Crippen LogP contribution in [0.2, 0.25) is 0 Å². The van der Waals surface area contributed by atoms with E-state index in [4.69, 9.17) is 16.3 Å². The van der Waals surface area contributed by atoms with E-state index in [1.807, 2.05) is 0 Å². The molecule has 0 bridgehead atoms. The summed E-state index contributed by atoms with van der Waals surface area (Å²) in [7, 11) is 0. The first-order valence-electron chi connectivity index (χ1n) is 5.72. The number of rotatable bonds is 3. The van der Waals surface area contributed by atoms with E-state index in [0.717, 1.165) is 0 Å². The highest BCUT2D eigenvalue weighted by atomic mass is 32.2. The summed E-state index contributed by atoms with van der Waals surface area (Å²) in [5.41, 5.74) is 0.868. The van der Waals surface area contributed by atoms with Crippen molar-refractivity contribution in [2.75, 3.05) is 12.4 Å². The number of amides is 2. The van der Waals surface area contributed by atoms with Gasteiger partial charge in [-0.1, -0.05) is 5.92 Å². The molecule has 2 N–H and O–H groups in total. The van der Waals surface area contributed by atoms with Crippen molar-refractivity contribution >= 4 is 29.7 Å². The van der Waals surface area contributed by atoms with E-state index in [-0.39, 0.29) is 12.3 Å². The zero-order valence-electron chi connectivity index (χ0n) is 10.6. The van der Waals surface area contributed by atoms with Crippen molar-refractivity contribution in [1.29, 1.82) is 0 Å². The van der Waals surface area contributed by atoms with Crippen LogP contribution in [0.4, 0.5) is 4.79 Å². The molecule has 2 rings (SSSR count). The van der Waals surface area contributed by atoms with Crippen molar-refractivity contribution in [3.63, 3.8) is 0 Å². The summed E-state index contributed by atoms with van der Waals surface area (Å²) in [6, 6.07) is -0.832. The lowest BCUT2D eigenvalue weighted by Gasteiger charge is -2.49. The number of esters is 1. The minimum Gasteiger partial charge on any atom is -0.465 e. The molecule has 1 saturated heterocycles. The highest BCUT2D eigenvalue weighted by molar-refractivity contribution is 8.00. The maximum atomic E-state index is 12.0. The van der Waals surface area contributed by atoms with Crippen LogP contribution in [0.3, 0.4) is 0 Å². The number of β-lactam (4-membered cyclic amide) rings is 1. The summed E-state index contributed by atoms with van der Waals surface area (Å²) >= 11 is 1.39. The number of terminal acetylenes is 1. The molecule has 2 heterocycles. The highest BCUT2D eigenvalue weighted by Crippen LogP contribution is 2.40. The van der Waals surface area contributed by atoms with Crippen LogP contribution in [0.15, 0.2) is 11.3 Å². The van der Waals surface area contributed by atoms with Gasteiger partial charge in [-0.2, -0.15) is 0 Å². The Morgan fingerprint density at radius 1 is 1.65 bits per heavy atom. The third kappa shape index (κ3) is 2.32. The van der Waals surface area contributed by atoms with E-state index >= 15 is 0 Å². The largest absolute Gasteiger partial charge is 0.465 e. The number of nitrogens with zero attached hydrogens (tertiary/aromatic N) is 1. The van der Waals surface area contributed by atoms with Gasteiger partial charge < -0.3 is 15.2 Å². The second-order valence-electron chi connectivity index (χ2n) is 4.25. The van der Waals surface area contributed by atoms with Crippen LogP contribution in [0.5, 0.6) is 0 Å². The molecule has 1 fully saturated rings. The molecule has 8 heteroatoms. The predicted molar refractivity (Wildman–Crippen MR) is 70.5 cm³/mol. The van der Waals surface area contributed by atoms with Crippen LogP contribution in [-0.2, 0) is 14.3 Å². The fraction of sp³-hybridized carbons (Fsp3) is 0.417. The van der Waals surface area contributed by atoms with Gasteiger partial charge in [0.2, 0.25) is 0 Å². The van der Waals surface area contributed by atoms with Crippen molar-refractivity contribution in [3.8, 4) is 12.3 Å². The second-order valence-corrected chi connectivity index (χ2v) is 5.35. The van der Waals surface area contributed by atoms with Crippen molar-refractivity contribution in [3.05, 3.63) is 11.3 Å². The summed E-state index contributed by atoms with van der Waals surface area (Å²) in [5, 5.41) is 10.4. The molecule has 0 aromatic carbocycles. The molecule has 0 aromatic rings. The molecule has 2 aliphatic rings. The van der Waals surface area contributed by atoms with E-state index in [1.165, 1.54) is 16.7 Å². The second kappa shape index (κ2) is 5.46. The van der Waals surface area contributed by atoms with E-state index < -0.39 is 29.4 Å². The highest BCUT2D eigenvalue weighted by Gasteiger charge is 2.54. The Hall–Kier alpha value is -2.14. The lowest BCUT2D eigenvalue weighted by Crippen LogP contribution is -2.70. The number of carbonyl (C=O) groups excluding carboxylic acids is 2. The summed E-state index contributed by atoms with van der Waals surface area (Å²) < 4.78 is 4.85. The van der Waals surface area contributed by atoms with Gasteiger partial charge in [-0.15, -0.1) is 18.2 Å². The zero-order valence-corrected chi connectivity index (χ0v) is 11.4. The smallest absolute Gasteiger partial charge is 0.405 e. The van der Waals surface area contributed by atoms with E-state index in [9.17, 15) is 14.4 Å². The first-order chi connectivity index (χ1) is 9.47. The summed E-state index contributed by atoms with van der Waals surface area (Å²) in [6.45, 7) is 1.55. The van der Waals surface area contributed by atoms with Crippen molar-refractivity contribution in [2.24, 2.45) is 0 Å². The van der Waals surface area contributed by atoms with Crippen molar-refractivity contribution in [2.45, 2.75) is 18.3 Å². The quantitative estimate of drug-likeness (QED) is 0.432. The summed E-state index contributed by atoms with van der Waals surface area (Å²) in [6.07, 6.45) is 3.75. The van der Waals surface area contributed by atoms with Crippen LogP contribution < -0.4 is 5.32 Å². The molecule has 7 nitrogen and oxygen atoms in total. The average molecular weight is 296 g/mol. The number of hydrogen-bond acceptors (Lipinski definition) is 5. The van der Waals surface area contributed by atoms with Gasteiger partial charge in [-0.05, 0) is 12.5 Å². The Labute approximate surface area is 119 Å². The molecule has 0 radical (unpaired) electrons. The fourth-order valence-electron chi connectivity index (χ4n) is 2.07. The monoisotopic (exact) mass is 296 g/mol. The Bertz CT molecular complexity index is 551. The van der Waals surface area contributed by atoms with Gasteiger partial charge in [0, 0.05) is 5.75 Å². The van der Waals surface area contributed by atoms with Crippen LogP contribution >= 0.6 is 11.8 Å². The number of nitrogens with one attached hydrogen (secondary N) is 1. The third-order valence-electron chi connectivity index (χ3n) is 2.92. The Balaban J connectivity index is 2.18. The molecule has 0 unspecified atom stereocenters. The number of fused-ring (bicyclic) bond motifs is 1. The SMILES string of the molecule is C#CCOC(=O)C1=C(C)CS[C@@H]2[C@H](NC(=O)O)C(=O)N12. The first kappa shape index (κ1) is 14.3. The van der Waals surface area contributed by atoms with Gasteiger partial charge in [-0.25, -0.2) is 9.59 Å². The van der Waals surface area contributed by atoms with Gasteiger partial charge in [-0.3, -0.25) is 9.69 Å². The van der Waals surface area contributed by atoms with Gasteiger partial charge in [0.25, 0.3) is 5.91 Å². The van der Waals surface area contributed by atoms with Gasteiger partial charge in [0.15, 0.2) is 6.61 Å². The van der Waals surface area contributed by atoms with Crippen LogP contribution in [-0.4, -0.2) is 51.8 Å². The molecule has 2 amide bonds. The molecule has 20 heavy (non-hydrogen) atoms. The maximum Gasteiger partial charge on any atom is 0.405 e. The molecular weight excluding hydrogens is 284 g/mol. The lowest BCUT2D eigenvalue weighted by molar-refractivity contribution is -0.150. The third-order valence-corrected chi connectivity index (χ3v) is 4.34. The van der Waals surface area contributed by atoms with Gasteiger partial charge >= 0.3 is 12.1 Å². The first-order valence-corrected chi connectivity index (χ1v) is 6.76. The zero-order chi connectivity index (χ0) is 14.9. The maximum absolute atomic E-state index is 12.0. The number of hydrogen-bond donors (Lipinski definition) is 2. The van der Waals surface area contributed by atoms with Crippen LogP contribution in [0, 0.1) is 12.3 Å². The predicted octanol–water partition coefficient (Wildman–Crippen LogP) is -0.0119. The molecule has 0 spiro atoms. The number of carboxylic acid groups (broad SMARTS) is 1. The van der Waals surface area contributed by atoms with E-state index in [0.29, 0.717) is 11.3 Å². The minimum atomic E-state index is -1.27. The number of carbonyl (C=O) groups is 3. The lowest BCUT2D eigenvalue weighted by atomic mass is 10.0. The molecule has 0 aliphatic carbocycles. The standard InChI is InChI=1S/C12H12N2O5S/c1-3-4-19-11(16)8-6(2)5-20-10-7(13-12(17)18)9(15)14(8)10/h1,7,10,13H,4-5H2,2H3,(H,17,18)/t7-,10-/m1/s1. The normalized spacial score (nSPS) is 24.4. The van der Waals surface area contributed by atoms with Crippen LogP contribution in [0.1, 0.15) is 6.92 Å². The Morgan fingerprint density at radius 3 is 2.95 bits per heavy atom. The molecule has 0 aromatic heterocycles. The Kier molecular flexibility index (Phi) is 3.90. The summed E-state index contributed by atoms with van der Waals surface area (Å²) in [5.74, 6) is 1.58. The van der Waals surface area contributed by atoms with E-state index in [1.54, 1.807) is 6.92 Å². The summed E-state index contributed by atoms with van der Waals surface area (Å²) in [4.78, 5) is 35.8. The Morgan fingerprint density at radius 2 is 2.35 bits per heavy atom. The number of thioether (sulfide) groups is 1. The van der Waals surface area contributed by atoms with Crippen molar-refractivity contribution < 1.29 is 24.2 Å². The van der Waals surface area contributed by atoms with E-state index in [2.05, 4.69) is 11.2 Å². The van der Waals surface area contributed by atoms with Gasteiger partial charge in [0.1, 0.15) is 17.1 Å². The topological polar surface area (TPSA) is 95.9 Å². The molecule has 2 aliphatic heterocycles. The molecular formula is C12H12N2O5S. The minimum absolute atomic E-state index is 0.164. The molecule has 0 saturated carbocycles. The molecule has 2 atom stereocenters.